The number of ether oxygens (including phenoxy) is 1. The van der Waals surface area contributed by atoms with Gasteiger partial charge >= 0.3 is 5.97 Å². The van der Waals surface area contributed by atoms with E-state index in [0.717, 1.165) is 10.6 Å². The molecule has 2 aromatic rings. The average Bonchev–Trinajstić information content (AvgIpc) is 2.64. The smallest absolute Gasteiger partial charge is 0.340 e. The number of nitrogens with zero attached hydrogens (tertiary/aromatic N) is 2. The number of benzene rings is 2. The van der Waals surface area contributed by atoms with Crippen molar-refractivity contribution >= 4 is 27.5 Å². The Bertz CT molecular complexity index is 993. The van der Waals surface area contributed by atoms with Crippen molar-refractivity contribution in [1.82, 2.24) is 0 Å². The lowest BCUT2D eigenvalue weighted by molar-refractivity contribution is 0.0601. The van der Waals surface area contributed by atoms with Crippen LogP contribution in [0.4, 0.5) is 5.69 Å². The van der Waals surface area contributed by atoms with Crippen molar-refractivity contribution in [3.63, 3.8) is 0 Å². The van der Waals surface area contributed by atoms with Crippen LogP contribution in [-0.4, -0.2) is 40.1 Å². The number of ketones is 1. The number of methoxy groups -OCH3 is 1. The fourth-order valence-corrected chi connectivity index (χ4v) is 3.21. The number of Topliss-reactive ketones (excluding diaryl/α,β-unsaturated/α-hetero) is 1. The van der Waals surface area contributed by atoms with Crippen LogP contribution in [0.3, 0.4) is 0 Å². The minimum atomic E-state index is -3.86. The van der Waals surface area contributed by atoms with E-state index in [1.807, 2.05) is 6.07 Å². The molecule has 0 bridgehead atoms. The first-order valence-electron chi connectivity index (χ1n) is 7.46. The van der Waals surface area contributed by atoms with Crippen LogP contribution in [0.5, 0.6) is 0 Å². The fourth-order valence-electron chi connectivity index (χ4n) is 2.34. The summed E-state index contributed by atoms with van der Waals surface area (Å²) in [4.78, 5) is 24.5. The average molecular weight is 372 g/mol. The number of esters is 1. The zero-order valence-corrected chi connectivity index (χ0v) is 15.0. The Balaban J connectivity index is 2.46. The number of nitriles is 1. The summed E-state index contributed by atoms with van der Waals surface area (Å²) in [7, 11) is -2.68. The van der Waals surface area contributed by atoms with Gasteiger partial charge in [0, 0.05) is 5.56 Å². The standard InChI is InChI=1S/C18H16N2O5S/c1-25-18(22)15-8-3-4-9-16(15)20(26(2,23)24)12-17(21)14-7-5-6-13(10-14)11-19/h3-10H,12H2,1-2H3. The predicted molar refractivity (Wildman–Crippen MR) is 95.5 cm³/mol. The van der Waals surface area contributed by atoms with Crippen LogP contribution in [0, 0.1) is 11.3 Å². The lowest BCUT2D eigenvalue weighted by Gasteiger charge is -2.23. The predicted octanol–water partition coefficient (Wildman–Crippen LogP) is 1.99. The number of hydrogen-bond acceptors (Lipinski definition) is 6. The molecule has 0 aliphatic heterocycles. The van der Waals surface area contributed by atoms with Crippen molar-refractivity contribution < 1.29 is 22.7 Å². The second kappa shape index (κ2) is 7.80. The van der Waals surface area contributed by atoms with Crippen LogP contribution in [0.1, 0.15) is 26.3 Å². The van der Waals surface area contributed by atoms with Crippen LogP contribution in [-0.2, 0) is 14.8 Å². The van der Waals surface area contributed by atoms with Gasteiger partial charge in [0.2, 0.25) is 10.0 Å². The summed E-state index contributed by atoms with van der Waals surface area (Å²) in [5.41, 5.74) is 0.565. The third-order valence-corrected chi connectivity index (χ3v) is 4.71. The summed E-state index contributed by atoms with van der Waals surface area (Å²) in [5.74, 6) is -1.22. The number of carbonyl (C=O) groups is 2. The van der Waals surface area contributed by atoms with E-state index in [2.05, 4.69) is 4.74 Å². The Labute approximate surface area is 151 Å². The number of para-hydroxylation sites is 1. The highest BCUT2D eigenvalue weighted by Crippen LogP contribution is 2.24. The van der Waals surface area contributed by atoms with Gasteiger partial charge in [-0.2, -0.15) is 5.26 Å². The van der Waals surface area contributed by atoms with Crippen molar-refractivity contribution in [2.45, 2.75) is 0 Å². The largest absolute Gasteiger partial charge is 0.465 e. The summed E-state index contributed by atoms with van der Waals surface area (Å²) < 4.78 is 30.0. The first-order chi connectivity index (χ1) is 12.3. The second-order valence-corrected chi connectivity index (χ2v) is 7.30. The molecule has 2 rings (SSSR count). The van der Waals surface area contributed by atoms with Crippen molar-refractivity contribution in [3.8, 4) is 6.07 Å². The van der Waals surface area contributed by atoms with Gasteiger partial charge in [-0.05, 0) is 24.3 Å². The van der Waals surface area contributed by atoms with Crippen LogP contribution < -0.4 is 4.31 Å². The topological polar surface area (TPSA) is 105 Å². The number of sulfonamides is 1. The molecule has 0 saturated carbocycles. The van der Waals surface area contributed by atoms with Crippen molar-refractivity contribution in [2.24, 2.45) is 0 Å². The molecule has 0 spiro atoms. The van der Waals surface area contributed by atoms with Gasteiger partial charge in [-0.1, -0.05) is 24.3 Å². The maximum Gasteiger partial charge on any atom is 0.340 e. The second-order valence-electron chi connectivity index (χ2n) is 5.39. The molecule has 0 atom stereocenters. The fraction of sp³-hybridized carbons (Fsp3) is 0.167. The minimum Gasteiger partial charge on any atom is -0.465 e. The molecule has 7 nitrogen and oxygen atoms in total. The van der Waals surface area contributed by atoms with Crippen LogP contribution in [0.25, 0.3) is 0 Å². The number of rotatable bonds is 6. The zero-order valence-electron chi connectivity index (χ0n) is 14.2. The highest BCUT2D eigenvalue weighted by atomic mass is 32.2. The van der Waals surface area contributed by atoms with Gasteiger partial charge in [0.05, 0.1) is 42.8 Å². The highest BCUT2D eigenvalue weighted by molar-refractivity contribution is 7.92. The third kappa shape index (κ3) is 4.26. The summed E-state index contributed by atoms with van der Waals surface area (Å²) >= 11 is 0. The Morgan fingerprint density at radius 3 is 2.46 bits per heavy atom. The summed E-state index contributed by atoms with van der Waals surface area (Å²) in [6.45, 7) is -0.512. The van der Waals surface area contributed by atoms with E-state index in [9.17, 15) is 18.0 Å². The van der Waals surface area contributed by atoms with Gasteiger partial charge in [0.15, 0.2) is 5.78 Å². The quantitative estimate of drug-likeness (QED) is 0.567. The summed E-state index contributed by atoms with van der Waals surface area (Å²) in [6.07, 6.45) is 0.944. The van der Waals surface area contributed by atoms with E-state index in [1.54, 1.807) is 18.2 Å². The maximum atomic E-state index is 12.6. The van der Waals surface area contributed by atoms with Gasteiger partial charge in [0.1, 0.15) is 0 Å². The molecule has 26 heavy (non-hydrogen) atoms. The summed E-state index contributed by atoms with van der Waals surface area (Å²) in [6, 6.07) is 13.8. The monoisotopic (exact) mass is 372 g/mol. The van der Waals surface area contributed by atoms with Gasteiger partial charge in [-0.15, -0.1) is 0 Å². The molecule has 0 aromatic heterocycles. The molecule has 0 heterocycles. The normalized spacial score (nSPS) is 10.7. The molecule has 0 amide bonds. The van der Waals surface area contributed by atoms with Gasteiger partial charge in [0.25, 0.3) is 0 Å². The molecule has 0 aliphatic rings. The SMILES string of the molecule is COC(=O)c1ccccc1N(CC(=O)c1cccc(C#N)c1)S(C)(=O)=O. The Hall–Kier alpha value is -3.18. The first-order valence-corrected chi connectivity index (χ1v) is 9.31. The molecule has 0 fully saturated rings. The molecule has 0 N–H and O–H groups in total. The van der Waals surface area contributed by atoms with E-state index >= 15 is 0 Å². The van der Waals surface area contributed by atoms with Crippen molar-refractivity contribution in [2.75, 3.05) is 24.2 Å². The molecular weight excluding hydrogens is 356 g/mol. The van der Waals surface area contributed by atoms with Gasteiger partial charge < -0.3 is 4.74 Å². The van der Waals surface area contributed by atoms with Gasteiger partial charge in [-0.3, -0.25) is 9.10 Å². The summed E-state index contributed by atoms with van der Waals surface area (Å²) in [5, 5.41) is 8.94. The molecule has 2 aromatic carbocycles. The molecular formula is C18H16N2O5S. The van der Waals surface area contributed by atoms with Gasteiger partial charge in [-0.25, -0.2) is 13.2 Å². The Kier molecular flexibility index (Phi) is 5.75. The van der Waals surface area contributed by atoms with Crippen LogP contribution in [0.2, 0.25) is 0 Å². The first kappa shape index (κ1) is 19.1. The third-order valence-electron chi connectivity index (χ3n) is 3.58. The molecule has 0 unspecified atom stereocenters. The Morgan fingerprint density at radius 2 is 1.85 bits per heavy atom. The lowest BCUT2D eigenvalue weighted by atomic mass is 10.1. The minimum absolute atomic E-state index is 0.0269. The Morgan fingerprint density at radius 1 is 1.15 bits per heavy atom. The number of carbonyl (C=O) groups excluding carboxylic acids is 2. The zero-order chi connectivity index (χ0) is 19.3. The molecule has 134 valence electrons. The van der Waals surface area contributed by atoms with Crippen molar-refractivity contribution in [3.05, 3.63) is 65.2 Å². The molecule has 0 saturated heterocycles. The molecule has 0 aliphatic carbocycles. The molecule has 8 heteroatoms. The van der Waals surface area contributed by atoms with E-state index in [-0.39, 0.29) is 22.4 Å². The van der Waals surface area contributed by atoms with E-state index in [0.29, 0.717) is 0 Å². The van der Waals surface area contributed by atoms with E-state index in [1.165, 1.54) is 37.4 Å². The molecule has 0 radical (unpaired) electrons. The van der Waals surface area contributed by atoms with Crippen LogP contribution >= 0.6 is 0 Å². The van der Waals surface area contributed by atoms with E-state index < -0.39 is 28.3 Å². The number of hydrogen-bond donors (Lipinski definition) is 0. The number of anilines is 1. The highest BCUT2D eigenvalue weighted by Gasteiger charge is 2.26. The van der Waals surface area contributed by atoms with E-state index in [4.69, 9.17) is 5.26 Å². The van der Waals surface area contributed by atoms with Crippen LogP contribution in [0.15, 0.2) is 48.5 Å². The van der Waals surface area contributed by atoms with Crippen molar-refractivity contribution in [1.29, 1.82) is 5.26 Å². The maximum absolute atomic E-state index is 12.6. The lowest BCUT2D eigenvalue weighted by Crippen LogP contribution is -2.36.